The van der Waals surface area contributed by atoms with Crippen molar-refractivity contribution < 1.29 is 4.92 Å². The van der Waals surface area contributed by atoms with Crippen molar-refractivity contribution in [1.29, 1.82) is 0 Å². The first-order chi connectivity index (χ1) is 7.06. The quantitative estimate of drug-likeness (QED) is 0.451. The van der Waals surface area contributed by atoms with Gasteiger partial charge in [-0.2, -0.15) is 0 Å². The molecule has 82 valence electrons. The van der Waals surface area contributed by atoms with Crippen LogP contribution in [-0.4, -0.2) is 4.92 Å². The Bertz CT molecular complexity index is 377. The van der Waals surface area contributed by atoms with E-state index >= 15 is 0 Å². The van der Waals surface area contributed by atoms with Gasteiger partial charge in [0.2, 0.25) is 0 Å². The number of nitro benzene ring substituents is 1. The summed E-state index contributed by atoms with van der Waals surface area (Å²) in [6.07, 6.45) is 2.56. The first-order valence-electron chi connectivity index (χ1n) is 4.88. The lowest BCUT2D eigenvalue weighted by atomic mass is 10.0. The molecular weight excluding hydrogens is 194 g/mol. The Morgan fingerprint density at radius 2 is 1.93 bits per heavy atom. The van der Waals surface area contributed by atoms with Gasteiger partial charge in [0, 0.05) is 11.6 Å². The summed E-state index contributed by atoms with van der Waals surface area (Å²) in [6.45, 7) is 2.03. The van der Waals surface area contributed by atoms with Gasteiger partial charge < -0.3 is 11.5 Å². The molecule has 0 atom stereocenters. The minimum Gasteiger partial charge on any atom is -0.397 e. The van der Waals surface area contributed by atoms with Crippen molar-refractivity contribution in [2.45, 2.75) is 26.2 Å². The zero-order chi connectivity index (χ0) is 11.4. The van der Waals surface area contributed by atoms with Gasteiger partial charge in [-0.1, -0.05) is 13.3 Å². The zero-order valence-corrected chi connectivity index (χ0v) is 8.69. The van der Waals surface area contributed by atoms with E-state index in [1.165, 1.54) is 6.07 Å². The van der Waals surface area contributed by atoms with Gasteiger partial charge in [-0.3, -0.25) is 10.1 Å². The third kappa shape index (κ3) is 2.59. The summed E-state index contributed by atoms with van der Waals surface area (Å²) in [5.74, 6) is 0. The van der Waals surface area contributed by atoms with Gasteiger partial charge in [0.1, 0.15) is 0 Å². The first-order valence-corrected chi connectivity index (χ1v) is 4.88. The molecule has 0 aliphatic rings. The highest BCUT2D eigenvalue weighted by Crippen LogP contribution is 2.28. The average molecular weight is 209 g/mol. The van der Waals surface area contributed by atoms with Crippen LogP contribution in [0.5, 0.6) is 0 Å². The number of nitrogens with zero attached hydrogens (tertiary/aromatic N) is 1. The molecule has 0 spiro atoms. The molecule has 15 heavy (non-hydrogen) atoms. The van der Waals surface area contributed by atoms with Gasteiger partial charge in [-0.25, -0.2) is 0 Å². The minimum absolute atomic E-state index is 0.0650. The van der Waals surface area contributed by atoms with Gasteiger partial charge >= 0.3 is 0 Å². The van der Waals surface area contributed by atoms with Gasteiger partial charge in [0.05, 0.1) is 16.3 Å². The van der Waals surface area contributed by atoms with Gasteiger partial charge in [0.25, 0.3) is 5.69 Å². The Balaban J connectivity index is 3.10. The van der Waals surface area contributed by atoms with Crippen molar-refractivity contribution in [2.24, 2.45) is 0 Å². The van der Waals surface area contributed by atoms with E-state index in [4.69, 9.17) is 11.5 Å². The Labute approximate surface area is 88.2 Å². The van der Waals surface area contributed by atoms with Crippen LogP contribution in [0.4, 0.5) is 17.1 Å². The molecule has 5 heteroatoms. The summed E-state index contributed by atoms with van der Waals surface area (Å²) in [4.78, 5) is 10.3. The van der Waals surface area contributed by atoms with Crippen LogP contribution >= 0.6 is 0 Å². The molecule has 0 radical (unpaired) electrons. The van der Waals surface area contributed by atoms with Gasteiger partial charge in [-0.15, -0.1) is 0 Å². The van der Waals surface area contributed by atoms with Crippen molar-refractivity contribution in [3.8, 4) is 0 Å². The molecule has 0 saturated heterocycles. The summed E-state index contributed by atoms with van der Waals surface area (Å²) in [6, 6.07) is 2.93. The number of nitrogens with two attached hydrogens (primary N) is 2. The lowest BCUT2D eigenvalue weighted by molar-refractivity contribution is -0.385. The fourth-order valence-corrected chi connectivity index (χ4v) is 1.41. The molecule has 0 bridgehead atoms. The van der Waals surface area contributed by atoms with E-state index in [1.807, 2.05) is 6.92 Å². The molecule has 0 fully saturated rings. The van der Waals surface area contributed by atoms with E-state index in [1.54, 1.807) is 6.07 Å². The lowest BCUT2D eigenvalue weighted by Crippen LogP contribution is -2.01. The molecule has 4 N–H and O–H groups in total. The van der Waals surface area contributed by atoms with Crippen LogP contribution in [0.25, 0.3) is 0 Å². The predicted molar refractivity (Wildman–Crippen MR) is 60.5 cm³/mol. The topological polar surface area (TPSA) is 95.2 Å². The maximum atomic E-state index is 10.8. The highest BCUT2D eigenvalue weighted by atomic mass is 16.6. The Morgan fingerprint density at radius 1 is 1.33 bits per heavy atom. The van der Waals surface area contributed by atoms with Crippen LogP contribution in [0.1, 0.15) is 25.3 Å². The smallest absolute Gasteiger partial charge is 0.274 e. The average Bonchev–Trinajstić information content (AvgIpc) is 2.19. The largest absolute Gasteiger partial charge is 0.397 e. The van der Waals surface area contributed by atoms with Crippen LogP contribution in [0.15, 0.2) is 12.1 Å². The first kappa shape index (κ1) is 11.3. The second kappa shape index (κ2) is 4.63. The maximum Gasteiger partial charge on any atom is 0.274 e. The van der Waals surface area contributed by atoms with Crippen molar-refractivity contribution in [2.75, 3.05) is 11.5 Å². The van der Waals surface area contributed by atoms with E-state index in [9.17, 15) is 10.1 Å². The third-order valence-corrected chi connectivity index (χ3v) is 2.28. The fourth-order valence-electron chi connectivity index (χ4n) is 1.41. The summed E-state index contributed by atoms with van der Waals surface area (Å²) < 4.78 is 0. The molecule has 0 aliphatic carbocycles. The van der Waals surface area contributed by atoms with Gasteiger partial charge in [0.15, 0.2) is 0 Å². The van der Waals surface area contributed by atoms with Gasteiger partial charge in [-0.05, 0) is 18.9 Å². The number of hydrogen-bond acceptors (Lipinski definition) is 4. The second-order valence-corrected chi connectivity index (χ2v) is 3.47. The molecular formula is C10H15N3O2. The van der Waals surface area contributed by atoms with Crippen molar-refractivity contribution in [3.63, 3.8) is 0 Å². The SMILES string of the molecule is CCCCc1cc(N)c(N)cc1[N+](=O)[O-]. The number of nitrogen functional groups attached to an aromatic ring is 2. The zero-order valence-electron chi connectivity index (χ0n) is 8.69. The van der Waals surface area contributed by atoms with Crippen LogP contribution < -0.4 is 11.5 Å². The number of nitro groups is 1. The standard InChI is InChI=1S/C10H15N3O2/c1-2-3-4-7-5-8(11)9(12)6-10(7)13(14)15/h5-6H,2-4,11-12H2,1H3. The number of hydrogen-bond donors (Lipinski definition) is 2. The molecule has 1 aromatic rings. The third-order valence-electron chi connectivity index (χ3n) is 2.28. The van der Waals surface area contributed by atoms with Crippen molar-refractivity contribution in [1.82, 2.24) is 0 Å². The van der Waals surface area contributed by atoms with E-state index in [0.29, 0.717) is 17.7 Å². The Hall–Kier alpha value is -1.78. The van der Waals surface area contributed by atoms with E-state index in [-0.39, 0.29) is 11.4 Å². The molecule has 0 amide bonds. The predicted octanol–water partition coefficient (Wildman–Crippen LogP) is 2.10. The fraction of sp³-hybridized carbons (Fsp3) is 0.400. The molecule has 5 nitrogen and oxygen atoms in total. The Kier molecular flexibility index (Phi) is 3.49. The van der Waals surface area contributed by atoms with E-state index in [0.717, 1.165) is 12.8 Å². The highest BCUT2D eigenvalue weighted by Gasteiger charge is 2.15. The van der Waals surface area contributed by atoms with Crippen LogP contribution in [0.2, 0.25) is 0 Å². The maximum absolute atomic E-state index is 10.8. The molecule has 1 aromatic carbocycles. The monoisotopic (exact) mass is 209 g/mol. The molecule has 0 unspecified atom stereocenters. The molecule has 1 rings (SSSR count). The summed E-state index contributed by atoms with van der Waals surface area (Å²) in [5, 5.41) is 10.8. The molecule has 0 aromatic heterocycles. The number of unbranched alkanes of at least 4 members (excludes halogenated alkanes) is 1. The van der Waals surface area contributed by atoms with Crippen molar-refractivity contribution >= 4 is 17.1 Å². The van der Waals surface area contributed by atoms with E-state index in [2.05, 4.69) is 0 Å². The summed E-state index contributed by atoms with van der Waals surface area (Å²) >= 11 is 0. The number of rotatable bonds is 4. The number of aryl methyl sites for hydroxylation is 1. The second-order valence-electron chi connectivity index (χ2n) is 3.47. The molecule has 0 saturated carbocycles. The number of benzene rings is 1. The Morgan fingerprint density at radius 3 is 2.47 bits per heavy atom. The minimum atomic E-state index is -0.416. The van der Waals surface area contributed by atoms with Crippen molar-refractivity contribution in [3.05, 3.63) is 27.8 Å². The molecule has 0 heterocycles. The van der Waals surface area contributed by atoms with Crippen LogP contribution in [0, 0.1) is 10.1 Å². The lowest BCUT2D eigenvalue weighted by Gasteiger charge is -2.05. The summed E-state index contributed by atoms with van der Waals surface area (Å²) in [7, 11) is 0. The highest BCUT2D eigenvalue weighted by molar-refractivity contribution is 5.69. The van der Waals surface area contributed by atoms with Crippen LogP contribution in [-0.2, 0) is 6.42 Å². The molecule has 0 aliphatic heterocycles. The normalized spacial score (nSPS) is 10.2. The summed E-state index contributed by atoms with van der Waals surface area (Å²) in [5.41, 5.74) is 12.5. The van der Waals surface area contributed by atoms with Crippen LogP contribution in [0.3, 0.4) is 0 Å². The number of anilines is 2. The van der Waals surface area contributed by atoms with E-state index < -0.39 is 4.92 Å².